The van der Waals surface area contributed by atoms with Gasteiger partial charge in [-0.15, -0.1) is 0 Å². The van der Waals surface area contributed by atoms with Gasteiger partial charge in [-0.05, 0) is 47.2 Å². The van der Waals surface area contributed by atoms with Gasteiger partial charge in [0.05, 0.1) is 5.39 Å². The first-order valence-corrected chi connectivity index (χ1v) is 8.61. The third-order valence-electron chi connectivity index (χ3n) is 4.59. The zero-order chi connectivity index (χ0) is 18.1. The van der Waals surface area contributed by atoms with Crippen LogP contribution in [0.5, 0.6) is 0 Å². The fourth-order valence-corrected chi connectivity index (χ4v) is 3.35. The van der Waals surface area contributed by atoms with Crippen LogP contribution in [0.3, 0.4) is 0 Å². The molecule has 0 amide bonds. The molecule has 0 saturated carbocycles. The predicted molar refractivity (Wildman–Crippen MR) is 105 cm³/mol. The lowest BCUT2D eigenvalue weighted by atomic mass is 9.99. The van der Waals surface area contributed by atoms with Gasteiger partial charge in [-0.25, -0.2) is 0 Å². The molecule has 0 fully saturated rings. The quantitative estimate of drug-likeness (QED) is 0.614. The van der Waals surface area contributed by atoms with Crippen molar-refractivity contribution in [3.05, 3.63) is 99.3 Å². The predicted octanol–water partition coefficient (Wildman–Crippen LogP) is 3.91. The van der Waals surface area contributed by atoms with E-state index in [0.717, 1.165) is 34.3 Å². The highest BCUT2D eigenvalue weighted by molar-refractivity contribution is 5.96. The maximum Gasteiger partial charge on any atom is 0.263 e. The summed E-state index contributed by atoms with van der Waals surface area (Å²) >= 11 is 0. The minimum absolute atomic E-state index is 0.0487. The van der Waals surface area contributed by atoms with Crippen LogP contribution in [0.25, 0.3) is 27.6 Å². The Morgan fingerprint density at radius 1 is 0.923 bits per heavy atom. The van der Waals surface area contributed by atoms with Crippen LogP contribution in [0.15, 0.2) is 82.5 Å². The van der Waals surface area contributed by atoms with Gasteiger partial charge in [0, 0.05) is 23.6 Å². The highest BCUT2D eigenvalue weighted by Crippen LogP contribution is 2.27. The third kappa shape index (κ3) is 2.65. The molecule has 0 saturated heterocycles. The first-order chi connectivity index (χ1) is 12.7. The molecule has 2 heterocycles. The van der Waals surface area contributed by atoms with Crippen molar-refractivity contribution < 1.29 is 0 Å². The Bertz CT molecular complexity index is 1180. The number of H-pyrrole nitrogens is 1. The molecule has 26 heavy (non-hydrogen) atoms. The second-order valence-corrected chi connectivity index (χ2v) is 6.18. The Kier molecular flexibility index (Phi) is 4.01. The molecule has 4 nitrogen and oxygen atoms in total. The first-order valence-electron chi connectivity index (χ1n) is 8.61. The number of fused-ring (bicyclic) bond motifs is 1. The van der Waals surface area contributed by atoms with Gasteiger partial charge >= 0.3 is 0 Å². The van der Waals surface area contributed by atoms with E-state index < -0.39 is 0 Å². The lowest BCUT2D eigenvalue weighted by Gasteiger charge is -2.15. The van der Waals surface area contributed by atoms with Crippen molar-refractivity contribution in [3.63, 3.8) is 0 Å². The fraction of sp³-hybridized carbons (Fsp3) is 0.0909. The number of para-hydroxylation sites is 1. The zero-order valence-electron chi connectivity index (χ0n) is 14.4. The van der Waals surface area contributed by atoms with Crippen LogP contribution in [0.2, 0.25) is 0 Å². The van der Waals surface area contributed by atoms with Crippen LogP contribution in [0.4, 0.5) is 0 Å². The van der Waals surface area contributed by atoms with E-state index in [-0.39, 0.29) is 11.1 Å². The van der Waals surface area contributed by atoms with Crippen LogP contribution >= 0.6 is 0 Å². The number of hydrogen-bond donors (Lipinski definition) is 1. The summed E-state index contributed by atoms with van der Waals surface area (Å²) < 4.78 is 1.78. The minimum Gasteiger partial charge on any atom is -0.328 e. The fourth-order valence-electron chi connectivity index (χ4n) is 3.35. The molecule has 0 unspecified atom stereocenters. The van der Waals surface area contributed by atoms with E-state index >= 15 is 0 Å². The van der Waals surface area contributed by atoms with Gasteiger partial charge in [0.1, 0.15) is 0 Å². The van der Waals surface area contributed by atoms with Crippen molar-refractivity contribution in [3.8, 4) is 16.8 Å². The largest absolute Gasteiger partial charge is 0.328 e. The molecule has 0 aliphatic rings. The number of nitrogens with zero attached hydrogens (tertiary/aromatic N) is 1. The normalized spacial score (nSPS) is 11.0. The van der Waals surface area contributed by atoms with Gasteiger partial charge in [-0.2, -0.15) is 0 Å². The Morgan fingerprint density at radius 2 is 1.73 bits per heavy atom. The van der Waals surface area contributed by atoms with Crippen LogP contribution in [-0.4, -0.2) is 9.55 Å². The monoisotopic (exact) mass is 342 g/mol. The van der Waals surface area contributed by atoms with Gasteiger partial charge in [0.25, 0.3) is 5.56 Å². The van der Waals surface area contributed by atoms with Crippen LogP contribution < -0.4 is 11.1 Å². The molecule has 1 N–H and O–H groups in total. The SMILES string of the molecule is CCc1cc2cccc(-c3ccc(=O)[nH]c3)c2c(=O)n1-c1ccccc1. The van der Waals surface area contributed by atoms with E-state index in [1.54, 1.807) is 16.8 Å². The van der Waals surface area contributed by atoms with Crippen molar-refractivity contribution in [2.24, 2.45) is 0 Å². The number of aryl methyl sites for hydroxylation is 1. The molecule has 4 heteroatoms. The molecule has 4 rings (SSSR count). The second kappa shape index (κ2) is 6.48. The van der Waals surface area contributed by atoms with Crippen molar-refractivity contribution >= 4 is 10.8 Å². The maximum atomic E-state index is 13.5. The van der Waals surface area contributed by atoms with E-state index in [9.17, 15) is 9.59 Å². The Morgan fingerprint density at radius 3 is 2.42 bits per heavy atom. The molecule has 2 aromatic heterocycles. The van der Waals surface area contributed by atoms with E-state index in [1.807, 2.05) is 55.5 Å². The molecule has 2 aromatic carbocycles. The number of aromatic nitrogens is 2. The molecule has 0 spiro atoms. The Hall–Kier alpha value is -3.40. The van der Waals surface area contributed by atoms with Crippen molar-refractivity contribution in [1.29, 1.82) is 0 Å². The smallest absolute Gasteiger partial charge is 0.263 e. The van der Waals surface area contributed by atoms with Gasteiger partial charge in [0.2, 0.25) is 5.56 Å². The molecular weight excluding hydrogens is 324 g/mol. The van der Waals surface area contributed by atoms with Crippen molar-refractivity contribution in [1.82, 2.24) is 9.55 Å². The summed E-state index contributed by atoms with van der Waals surface area (Å²) in [4.78, 5) is 27.5. The lowest BCUT2D eigenvalue weighted by molar-refractivity contribution is 0.889. The second-order valence-electron chi connectivity index (χ2n) is 6.18. The lowest BCUT2D eigenvalue weighted by Crippen LogP contribution is -2.22. The molecule has 0 aliphatic carbocycles. The summed E-state index contributed by atoms with van der Waals surface area (Å²) in [7, 11) is 0. The standard InChI is InChI=1S/C22H18N2O2/c1-2-17-13-15-7-6-10-19(16-11-12-20(25)23-14-16)21(15)22(26)24(17)18-8-4-3-5-9-18/h3-14H,2H2,1H3,(H,23,25). The molecule has 0 bridgehead atoms. The van der Waals surface area contributed by atoms with Crippen LogP contribution in [0, 0.1) is 0 Å². The van der Waals surface area contributed by atoms with E-state index in [2.05, 4.69) is 11.1 Å². The molecule has 0 aliphatic heterocycles. The molecular formula is C22H18N2O2. The average Bonchev–Trinajstić information content (AvgIpc) is 2.68. The number of pyridine rings is 2. The third-order valence-corrected chi connectivity index (χ3v) is 4.59. The summed E-state index contributed by atoms with van der Waals surface area (Å²) in [5, 5.41) is 1.56. The van der Waals surface area contributed by atoms with Gasteiger partial charge < -0.3 is 4.98 Å². The van der Waals surface area contributed by atoms with Gasteiger partial charge in [-0.1, -0.05) is 43.3 Å². The molecule has 4 aromatic rings. The molecule has 128 valence electrons. The zero-order valence-corrected chi connectivity index (χ0v) is 14.4. The summed E-state index contributed by atoms with van der Waals surface area (Å²) in [6.45, 7) is 2.05. The maximum absolute atomic E-state index is 13.5. The van der Waals surface area contributed by atoms with Crippen molar-refractivity contribution in [2.45, 2.75) is 13.3 Å². The minimum atomic E-state index is -0.163. The number of aromatic amines is 1. The van der Waals surface area contributed by atoms with E-state index in [0.29, 0.717) is 5.39 Å². The number of rotatable bonds is 3. The number of nitrogens with one attached hydrogen (secondary N) is 1. The summed E-state index contributed by atoms with van der Waals surface area (Å²) in [6, 6.07) is 20.8. The summed E-state index contributed by atoms with van der Waals surface area (Å²) in [6.07, 6.45) is 2.40. The number of benzene rings is 2. The Balaban J connectivity index is 2.10. The Labute approximate surface area is 150 Å². The van der Waals surface area contributed by atoms with Gasteiger partial charge in [-0.3, -0.25) is 14.2 Å². The average molecular weight is 342 g/mol. The summed E-state index contributed by atoms with van der Waals surface area (Å²) in [5.74, 6) is 0. The van der Waals surface area contributed by atoms with Crippen LogP contribution in [-0.2, 0) is 6.42 Å². The topological polar surface area (TPSA) is 54.9 Å². The van der Waals surface area contributed by atoms with E-state index in [4.69, 9.17) is 0 Å². The van der Waals surface area contributed by atoms with Crippen LogP contribution in [0.1, 0.15) is 12.6 Å². The highest BCUT2D eigenvalue weighted by atomic mass is 16.1. The van der Waals surface area contributed by atoms with Crippen molar-refractivity contribution in [2.75, 3.05) is 0 Å². The summed E-state index contributed by atoms with van der Waals surface area (Å²) in [5.41, 5.74) is 3.24. The molecule has 0 radical (unpaired) electrons. The van der Waals surface area contributed by atoms with Gasteiger partial charge in [0.15, 0.2) is 0 Å². The highest BCUT2D eigenvalue weighted by Gasteiger charge is 2.14. The molecule has 0 atom stereocenters. The first kappa shape index (κ1) is 16.1. The number of hydrogen-bond acceptors (Lipinski definition) is 2. The van der Waals surface area contributed by atoms with E-state index in [1.165, 1.54) is 6.07 Å².